The second kappa shape index (κ2) is 9.90. The SMILES string of the molecule is CC(O)Oc1ccccc1.O=C(O)CCCC(=O)O. The van der Waals surface area contributed by atoms with E-state index in [1.165, 1.54) is 0 Å². The van der Waals surface area contributed by atoms with Crippen LogP contribution >= 0.6 is 0 Å². The normalized spacial score (nSPS) is 10.8. The Balaban J connectivity index is 0.000000344. The number of benzene rings is 1. The predicted molar refractivity (Wildman–Crippen MR) is 67.9 cm³/mol. The Morgan fingerprint density at radius 1 is 1.11 bits per heavy atom. The average Bonchev–Trinajstić information content (AvgIpc) is 2.29. The number of aliphatic carboxylic acids is 2. The Labute approximate surface area is 111 Å². The number of carbonyl (C=O) groups is 2. The number of rotatable bonds is 6. The maximum absolute atomic E-state index is 9.79. The molecule has 0 fully saturated rings. The molecule has 0 bridgehead atoms. The van der Waals surface area contributed by atoms with Crippen LogP contribution in [0.25, 0.3) is 0 Å². The van der Waals surface area contributed by atoms with Gasteiger partial charge in [-0.05, 0) is 25.5 Å². The molecule has 0 spiro atoms. The summed E-state index contributed by atoms with van der Waals surface area (Å²) >= 11 is 0. The van der Waals surface area contributed by atoms with E-state index >= 15 is 0 Å². The number of carboxylic acids is 2. The molecule has 1 aromatic carbocycles. The van der Waals surface area contributed by atoms with Crippen molar-refractivity contribution in [1.82, 2.24) is 0 Å². The van der Waals surface area contributed by atoms with E-state index in [4.69, 9.17) is 20.1 Å². The van der Waals surface area contributed by atoms with E-state index in [0.29, 0.717) is 5.75 Å². The van der Waals surface area contributed by atoms with Crippen molar-refractivity contribution in [2.24, 2.45) is 0 Å². The van der Waals surface area contributed by atoms with Crippen LogP contribution < -0.4 is 4.74 Å². The van der Waals surface area contributed by atoms with Gasteiger partial charge in [0.2, 0.25) is 0 Å². The lowest BCUT2D eigenvalue weighted by Crippen LogP contribution is -2.08. The van der Waals surface area contributed by atoms with E-state index in [1.54, 1.807) is 19.1 Å². The molecular formula is C13H18O6. The molecule has 3 N–H and O–H groups in total. The average molecular weight is 270 g/mol. The highest BCUT2D eigenvalue weighted by molar-refractivity contribution is 5.69. The van der Waals surface area contributed by atoms with Gasteiger partial charge < -0.3 is 20.1 Å². The van der Waals surface area contributed by atoms with Crippen molar-refractivity contribution >= 4 is 11.9 Å². The zero-order valence-corrected chi connectivity index (χ0v) is 10.7. The quantitative estimate of drug-likeness (QED) is 0.680. The van der Waals surface area contributed by atoms with Gasteiger partial charge in [-0.3, -0.25) is 9.59 Å². The van der Waals surface area contributed by atoms with Crippen LogP contribution in [0.3, 0.4) is 0 Å². The van der Waals surface area contributed by atoms with E-state index in [-0.39, 0.29) is 19.3 Å². The molecule has 0 saturated carbocycles. The van der Waals surface area contributed by atoms with E-state index in [1.807, 2.05) is 18.2 Å². The Morgan fingerprint density at radius 2 is 1.58 bits per heavy atom. The van der Waals surface area contributed by atoms with Crippen LogP contribution in [0, 0.1) is 0 Å². The fourth-order valence-electron chi connectivity index (χ4n) is 1.09. The van der Waals surface area contributed by atoms with Gasteiger partial charge in [-0.15, -0.1) is 0 Å². The number of hydrogen-bond acceptors (Lipinski definition) is 4. The summed E-state index contributed by atoms with van der Waals surface area (Å²) in [6.45, 7) is 1.58. The Bertz CT molecular complexity index is 360. The van der Waals surface area contributed by atoms with Crippen LogP contribution in [-0.4, -0.2) is 33.5 Å². The molecule has 0 saturated heterocycles. The highest BCUT2D eigenvalue weighted by Crippen LogP contribution is 2.09. The first-order chi connectivity index (χ1) is 8.91. The third-order valence-corrected chi connectivity index (χ3v) is 1.83. The monoisotopic (exact) mass is 270 g/mol. The van der Waals surface area contributed by atoms with E-state index in [0.717, 1.165) is 0 Å². The van der Waals surface area contributed by atoms with Gasteiger partial charge in [-0.25, -0.2) is 0 Å². The van der Waals surface area contributed by atoms with Gasteiger partial charge in [0.1, 0.15) is 5.75 Å². The fourth-order valence-corrected chi connectivity index (χ4v) is 1.09. The van der Waals surface area contributed by atoms with Gasteiger partial charge in [-0.1, -0.05) is 18.2 Å². The smallest absolute Gasteiger partial charge is 0.303 e. The van der Waals surface area contributed by atoms with Crippen molar-refractivity contribution < 1.29 is 29.6 Å². The van der Waals surface area contributed by atoms with Crippen LogP contribution in [0.1, 0.15) is 26.2 Å². The summed E-state index contributed by atoms with van der Waals surface area (Å²) in [6, 6.07) is 9.21. The van der Waals surface area contributed by atoms with Crippen molar-refractivity contribution in [3.63, 3.8) is 0 Å². The molecule has 0 aliphatic rings. The van der Waals surface area contributed by atoms with Gasteiger partial charge in [0.05, 0.1) is 0 Å². The maximum Gasteiger partial charge on any atom is 0.303 e. The predicted octanol–water partition coefficient (Wildman–Crippen LogP) is 1.73. The van der Waals surface area contributed by atoms with Gasteiger partial charge in [-0.2, -0.15) is 0 Å². The number of aliphatic hydroxyl groups is 1. The second-order valence-corrected chi connectivity index (χ2v) is 3.67. The zero-order chi connectivity index (χ0) is 14.7. The standard InChI is InChI=1S/C8H10O2.C5H8O4/c1-7(9)10-8-5-3-2-4-6-8;6-4(7)2-1-3-5(8)9/h2-7,9H,1H3;1-3H2,(H,6,7)(H,8,9). The molecule has 1 aromatic rings. The van der Waals surface area contributed by atoms with Crippen LogP contribution in [0.4, 0.5) is 0 Å². The molecular weight excluding hydrogens is 252 g/mol. The number of aliphatic hydroxyl groups excluding tert-OH is 1. The molecule has 0 aliphatic carbocycles. The molecule has 0 aliphatic heterocycles. The molecule has 1 unspecified atom stereocenters. The Hall–Kier alpha value is -2.08. The molecule has 106 valence electrons. The summed E-state index contributed by atoms with van der Waals surface area (Å²) in [7, 11) is 0. The summed E-state index contributed by atoms with van der Waals surface area (Å²) in [4.78, 5) is 19.6. The Morgan fingerprint density at radius 3 is 1.95 bits per heavy atom. The van der Waals surface area contributed by atoms with Crippen LogP contribution in [0.5, 0.6) is 5.75 Å². The molecule has 19 heavy (non-hydrogen) atoms. The maximum atomic E-state index is 9.79. The molecule has 6 heteroatoms. The zero-order valence-electron chi connectivity index (χ0n) is 10.7. The first-order valence-electron chi connectivity index (χ1n) is 5.75. The highest BCUT2D eigenvalue weighted by Gasteiger charge is 1.99. The lowest BCUT2D eigenvalue weighted by molar-refractivity contribution is -0.138. The van der Waals surface area contributed by atoms with Crippen molar-refractivity contribution in [1.29, 1.82) is 0 Å². The first kappa shape index (κ1) is 16.9. The van der Waals surface area contributed by atoms with E-state index in [2.05, 4.69) is 0 Å². The van der Waals surface area contributed by atoms with E-state index < -0.39 is 18.2 Å². The number of para-hydroxylation sites is 1. The van der Waals surface area contributed by atoms with Gasteiger partial charge in [0.25, 0.3) is 0 Å². The molecule has 1 atom stereocenters. The van der Waals surface area contributed by atoms with Crippen LogP contribution in [0.15, 0.2) is 30.3 Å². The summed E-state index contributed by atoms with van der Waals surface area (Å²) in [5.74, 6) is -1.20. The summed E-state index contributed by atoms with van der Waals surface area (Å²) in [6.07, 6.45) is -0.647. The molecule has 0 heterocycles. The minimum Gasteiger partial charge on any atom is -0.481 e. The summed E-state index contributed by atoms with van der Waals surface area (Å²) < 4.78 is 4.97. The number of hydrogen-bond donors (Lipinski definition) is 3. The molecule has 6 nitrogen and oxygen atoms in total. The largest absolute Gasteiger partial charge is 0.481 e. The molecule has 0 radical (unpaired) electrons. The van der Waals surface area contributed by atoms with Crippen molar-refractivity contribution in [2.75, 3.05) is 0 Å². The fraction of sp³-hybridized carbons (Fsp3) is 0.385. The molecule has 0 aromatic heterocycles. The number of ether oxygens (including phenoxy) is 1. The van der Waals surface area contributed by atoms with Crippen molar-refractivity contribution in [3.8, 4) is 5.75 Å². The van der Waals surface area contributed by atoms with Crippen molar-refractivity contribution in [2.45, 2.75) is 32.5 Å². The van der Waals surface area contributed by atoms with Crippen molar-refractivity contribution in [3.05, 3.63) is 30.3 Å². The molecule has 0 amide bonds. The lowest BCUT2D eigenvalue weighted by Gasteiger charge is -2.06. The third kappa shape index (κ3) is 12.2. The minimum atomic E-state index is -0.948. The van der Waals surface area contributed by atoms with Gasteiger partial charge in [0, 0.05) is 12.8 Å². The molecule has 1 rings (SSSR count). The third-order valence-electron chi connectivity index (χ3n) is 1.83. The lowest BCUT2D eigenvalue weighted by atomic mass is 10.2. The summed E-state index contributed by atoms with van der Waals surface area (Å²) in [5.41, 5.74) is 0. The number of carboxylic acid groups (broad SMARTS) is 2. The second-order valence-electron chi connectivity index (χ2n) is 3.67. The van der Waals surface area contributed by atoms with E-state index in [9.17, 15) is 9.59 Å². The minimum absolute atomic E-state index is 0.0632. The summed E-state index contributed by atoms with van der Waals surface area (Å²) in [5, 5.41) is 24.9. The first-order valence-corrected chi connectivity index (χ1v) is 5.75. The van der Waals surface area contributed by atoms with Gasteiger partial charge in [0.15, 0.2) is 6.29 Å². The highest BCUT2D eigenvalue weighted by atomic mass is 16.6. The Kier molecular flexibility index (Phi) is 8.82. The topological polar surface area (TPSA) is 104 Å². The van der Waals surface area contributed by atoms with Crippen LogP contribution in [-0.2, 0) is 9.59 Å². The van der Waals surface area contributed by atoms with Gasteiger partial charge >= 0.3 is 11.9 Å². The van der Waals surface area contributed by atoms with Crippen LogP contribution in [0.2, 0.25) is 0 Å².